The molecule has 3 aromatic rings. The molecule has 1 fully saturated rings. The number of imidazole rings is 1. The van der Waals surface area contributed by atoms with Crippen LogP contribution in [0.4, 0.5) is 0 Å². The molecule has 4 rings (SSSR count). The number of pyridine rings is 1. The quantitative estimate of drug-likeness (QED) is 0.800. The van der Waals surface area contributed by atoms with E-state index in [1.54, 1.807) is 6.33 Å². The number of hydrogen-bond acceptors (Lipinski definition) is 4. The smallest absolute Gasteiger partial charge is 0.137 e. The molecule has 1 aliphatic heterocycles. The van der Waals surface area contributed by atoms with Crippen molar-refractivity contribution in [3.8, 4) is 11.4 Å². The van der Waals surface area contributed by atoms with Crippen LogP contribution in [-0.4, -0.2) is 31.9 Å². The molecule has 1 aliphatic rings. The molecular formula is C17H18ClN5. The van der Waals surface area contributed by atoms with Crippen molar-refractivity contribution < 1.29 is 0 Å². The first kappa shape index (κ1) is 14.6. The van der Waals surface area contributed by atoms with Crippen LogP contribution in [-0.2, 0) is 6.42 Å². The van der Waals surface area contributed by atoms with Gasteiger partial charge in [-0.2, -0.15) is 0 Å². The standard InChI is InChI=1S/C17H18ClN5/c18-12-3-6-17-20-9-16(23(17)10-12)15-8-14(21-11-22-15)5-4-13-2-1-7-19-13/h3,6,8-11,13,19H,1-2,4-5,7H2. The van der Waals surface area contributed by atoms with E-state index in [-0.39, 0.29) is 0 Å². The Morgan fingerprint density at radius 3 is 3.09 bits per heavy atom. The molecule has 0 aliphatic carbocycles. The third-order valence-corrected chi connectivity index (χ3v) is 4.59. The van der Waals surface area contributed by atoms with Gasteiger partial charge in [0, 0.05) is 17.9 Å². The number of fused-ring (bicyclic) bond motifs is 1. The van der Waals surface area contributed by atoms with E-state index < -0.39 is 0 Å². The van der Waals surface area contributed by atoms with E-state index in [4.69, 9.17) is 11.6 Å². The van der Waals surface area contributed by atoms with Gasteiger partial charge in [0.15, 0.2) is 0 Å². The van der Waals surface area contributed by atoms with Crippen molar-refractivity contribution in [1.29, 1.82) is 0 Å². The maximum absolute atomic E-state index is 6.10. The Morgan fingerprint density at radius 1 is 1.26 bits per heavy atom. The molecule has 1 atom stereocenters. The maximum Gasteiger partial charge on any atom is 0.137 e. The monoisotopic (exact) mass is 327 g/mol. The van der Waals surface area contributed by atoms with Crippen LogP contribution < -0.4 is 5.32 Å². The molecular weight excluding hydrogens is 310 g/mol. The topological polar surface area (TPSA) is 55.1 Å². The van der Waals surface area contributed by atoms with Crippen LogP contribution in [0, 0.1) is 0 Å². The van der Waals surface area contributed by atoms with Gasteiger partial charge in [-0.15, -0.1) is 0 Å². The van der Waals surface area contributed by atoms with Crippen molar-refractivity contribution in [2.45, 2.75) is 31.7 Å². The Morgan fingerprint density at radius 2 is 2.22 bits per heavy atom. The van der Waals surface area contributed by atoms with Crippen molar-refractivity contribution in [1.82, 2.24) is 24.7 Å². The second kappa shape index (κ2) is 6.26. The highest BCUT2D eigenvalue weighted by atomic mass is 35.5. The first-order valence-corrected chi connectivity index (χ1v) is 8.35. The second-order valence-corrected chi connectivity index (χ2v) is 6.38. The lowest BCUT2D eigenvalue weighted by atomic mass is 10.1. The fourth-order valence-corrected chi connectivity index (χ4v) is 3.30. The molecule has 5 nitrogen and oxygen atoms in total. The van der Waals surface area contributed by atoms with Gasteiger partial charge in [0.2, 0.25) is 0 Å². The Labute approximate surface area is 139 Å². The van der Waals surface area contributed by atoms with Gasteiger partial charge >= 0.3 is 0 Å². The summed E-state index contributed by atoms with van der Waals surface area (Å²) in [6, 6.07) is 6.43. The molecule has 1 N–H and O–H groups in total. The predicted octanol–water partition coefficient (Wildman–Crippen LogP) is 3.13. The van der Waals surface area contributed by atoms with E-state index in [0.717, 1.165) is 42.1 Å². The number of rotatable bonds is 4. The van der Waals surface area contributed by atoms with Gasteiger partial charge in [-0.05, 0) is 50.4 Å². The molecule has 6 heteroatoms. The molecule has 0 aromatic carbocycles. The molecule has 0 radical (unpaired) electrons. The van der Waals surface area contributed by atoms with Crippen LogP contribution in [0.25, 0.3) is 17.0 Å². The van der Waals surface area contributed by atoms with Crippen molar-refractivity contribution >= 4 is 17.2 Å². The highest BCUT2D eigenvalue weighted by molar-refractivity contribution is 6.30. The lowest BCUT2D eigenvalue weighted by Crippen LogP contribution is -2.21. The Kier molecular flexibility index (Phi) is 3.97. The van der Waals surface area contributed by atoms with Gasteiger partial charge in [-0.25, -0.2) is 15.0 Å². The first-order chi connectivity index (χ1) is 11.3. The summed E-state index contributed by atoms with van der Waals surface area (Å²) in [5, 5.41) is 4.21. The van der Waals surface area contributed by atoms with Crippen molar-refractivity contribution in [3.63, 3.8) is 0 Å². The summed E-state index contributed by atoms with van der Waals surface area (Å²) in [5.74, 6) is 0. The largest absolute Gasteiger partial charge is 0.314 e. The molecule has 118 valence electrons. The summed E-state index contributed by atoms with van der Waals surface area (Å²) in [5.41, 5.74) is 3.75. The van der Waals surface area contributed by atoms with Gasteiger partial charge < -0.3 is 5.32 Å². The fourth-order valence-electron chi connectivity index (χ4n) is 3.14. The van der Waals surface area contributed by atoms with Crippen LogP contribution in [0.5, 0.6) is 0 Å². The molecule has 23 heavy (non-hydrogen) atoms. The van der Waals surface area contributed by atoms with E-state index in [1.807, 2.05) is 28.9 Å². The number of aromatic nitrogens is 4. The highest BCUT2D eigenvalue weighted by Gasteiger charge is 2.14. The lowest BCUT2D eigenvalue weighted by molar-refractivity contribution is 0.555. The maximum atomic E-state index is 6.10. The Hall–Kier alpha value is -1.98. The van der Waals surface area contributed by atoms with Gasteiger partial charge in [0.05, 0.1) is 22.6 Å². The third-order valence-electron chi connectivity index (χ3n) is 4.37. The van der Waals surface area contributed by atoms with E-state index in [0.29, 0.717) is 11.1 Å². The summed E-state index contributed by atoms with van der Waals surface area (Å²) < 4.78 is 1.97. The van der Waals surface area contributed by atoms with E-state index in [1.165, 1.54) is 12.8 Å². The lowest BCUT2D eigenvalue weighted by Gasteiger charge is -2.09. The van der Waals surface area contributed by atoms with Gasteiger partial charge in [0.25, 0.3) is 0 Å². The van der Waals surface area contributed by atoms with E-state index >= 15 is 0 Å². The minimum absolute atomic E-state index is 0.628. The van der Waals surface area contributed by atoms with Gasteiger partial charge in [-0.1, -0.05) is 11.6 Å². The summed E-state index contributed by atoms with van der Waals surface area (Å²) in [6.07, 6.45) is 9.96. The number of nitrogens with one attached hydrogen (secondary N) is 1. The average Bonchev–Trinajstić information content (AvgIpc) is 3.22. The van der Waals surface area contributed by atoms with Crippen LogP contribution >= 0.6 is 11.6 Å². The molecule has 0 spiro atoms. The van der Waals surface area contributed by atoms with Crippen molar-refractivity contribution in [2.24, 2.45) is 0 Å². The van der Waals surface area contributed by atoms with Crippen molar-refractivity contribution in [3.05, 3.63) is 47.6 Å². The number of hydrogen-bond donors (Lipinski definition) is 1. The molecule has 1 unspecified atom stereocenters. The Bertz CT molecular complexity index is 823. The minimum Gasteiger partial charge on any atom is -0.314 e. The fraction of sp³-hybridized carbons (Fsp3) is 0.353. The molecule has 0 saturated carbocycles. The molecule has 0 amide bonds. The normalized spacial score (nSPS) is 17.9. The molecule has 4 heterocycles. The summed E-state index contributed by atoms with van der Waals surface area (Å²) in [4.78, 5) is 13.2. The minimum atomic E-state index is 0.628. The van der Waals surface area contributed by atoms with E-state index in [2.05, 4.69) is 26.3 Å². The zero-order chi connectivity index (χ0) is 15.6. The predicted molar refractivity (Wildman–Crippen MR) is 90.6 cm³/mol. The van der Waals surface area contributed by atoms with E-state index in [9.17, 15) is 0 Å². The second-order valence-electron chi connectivity index (χ2n) is 5.95. The third kappa shape index (κ3) is 3.07. The van der Waals surface area contributed by atoms with Crippen LogP contribution in [0.2, 0.25) is 5.02 Å². The average molecular weight is 328 g/mol. The summed E-state index contributed by atoms with van der Waals surface area (Å²) in [6.45, 7) is 1.14. The van der Waals surface area contributed by atoms with Crippen LogP contribution in [0.1, 0.15) is 25.0 Å². The Balaban J connectivity index is 1.60. The SMILES string of the molecule is Clc1ccc2ncc(-c3cc(CCC4CCCN4)ncn3)n2c1. The number of nitrogens with zero attached hydrogens (tertiary/aromatic N) is 4. The molecule has 1 saturated heterocycles. The highest BCUT2D eigenvalue weighted by Crippen LogP contribution is 2.22. The van der Waals surface area contributed by atoms with Gasteiger partial charge in [0.1, 0.15) is 12.0 Å². The summed E-state index contributed by atoms with van der Waals surface area (Å²) >= 11 is 6.10. The zero-order valence-corrected chi connectivity index (χ0v) is 13.5. The first-order valence-electron chi connectivity index (χ1n) is 7.97. The number of aryl methyl sites for hydroxylation is 1. The van der Waals surface area contributed by atoms with Crippen LogP contribution in [0.15, 0.2) is 36.9 Å². The van der Waals surface area contributed by atoms with Crippen LogP contribution in [0.3, 0.4) is 0 Å². The van der Waals surface area contributed by atoms with Gasteiger partial charge in [-0.3, -0.25) is 4.40 Å². The summed E-state index contributed by atoms with van der Waals surface area (Å²) in [7, 11) is 0. The number of halogens is 1. The van der Waals surface area contributed by atoms with Crippen molar-refractivity contribution in [2.75, 3.05) is 6.54 Å². The molecule has 0 bridgehead atoms. The zero-order valence-electron chi connectivity index (χ0n) is 12.7. The molecule has 3 aromatic heterocycles.